The van der Waals surface area contributed by atoms with E-state index in [1.165, 1.54) is 7.11 Å². The molecule has 106 valence electrons. The van der Waals surface area contributed by atoms with Crippen molar-refractivity contribution in [1.29, 1.82) is 0 Å². The maximum atomic E-state index is 12.4. The van der Waals surface area contributed by atoms with Crippen molar-refractivity contribution in [2.24, 2.45) is 0 Å². The van der Waals surface area contributed by atoms with Gasteiger partial charge in [0, 0.05) is 4.47 Å². The highest BCUT2D eigenvalue weighted by atomic mass is 79.9. The second-order valence-electron chi connectivity index (χ2n) is 4.53. The van der Waals surface area contributed by atoms with Crippen LogP contribution < -0.4 is 5.32 Å². The molecule has 1 aromatic carbocycles. The van der Waals surface area contributed by atoms with Crippen molar-refractivity contribution < 1.29 is 19.1 Å². The second-order valence-corrected chi connectivity index (χ2v) is 5.45. The summed E-state index contributed by atoms with van der Waals surface area (Å²) in [6, 6.07) is 6.44. The third-order valence-electron chi connectivity index (χ3n) is 3.21. The van der Waals surface area contributed by atoms with E-state index in [2.05, 4.69) is 26.0 Å². The molecule has 3 amide bonds. The van der Waals surface area contributed by atoms with E-state index in [9.17, 15) is 14.4 Å². The van der Waals surface area contributed by atoms with Crippen molar-refractivity contribution >= 4 is 33.8 Å². The summed E-state index contributed by atoms with van der Waals surface area (Å²) in [4.78, 5) is 36.4. The Kier molecular flexibility index (Phi) is 3.80. The van der Waals surface area contributed by atoms with Crippen LogP contribution in [0.1, 0.15) is 12.5 Å². The number of esters is 1. The maximum absolute atomic E-state index is 12.4. The minimum Gasteiger partial charge on any atom is -0.468 e. The standard InChI is InChI=1S/C13H13BrN2O4/c1-13(8-3-5-9(14)6-4-8)11(18)16(12(19)15-13)7-10(17)20-2/h3-6H,7H2,1-2H3,(H,15,19)/t13-/m1/s1. The average molecular weight is 341 g/mol. The van der Waals surface area contributed by atoms with E-state index >= 15 is 0 Å². The molecule has 6 nitrogen and oxygen atoms in total. The average Bonchev–Trinajstić information content (AvgIpc) is 2.64. The van der Waals surface area contributed by atoms with Crippen molar-refractivity contribution in [1.82, 2.24) is 10.2 Å². The zero-order chi connectivity index (χ0) is 14.9. The third kappa shape index (κ3) is 2.40. The lowest BCUT2D eigenvalue weighted by molar-refractivity contribution is -0.145. The van der Waals surface area contributed by atoms with E-state index in [0.29, 0.717) is 5.56 Å². The van der Waals surface area contributed by atoms with Crippen LogP contribution in [-0.2, 0) is 19.9 Å². The molecular formula is C13H13BrN2O4. The van der Waals surface area contributed by atoms with Gasteiger partial charge < -0.3 is 10.1 Å². The molecule has 0 bridgehead atoms. The molecular weight excluding hydrogens is 328 g/mol. The van der Waals surface area contributed by atoms with Gasteiger partial charge in [-0.2, -0.15) is 0 Å². The fourth-order valence-corrected chi connectivity index (χ4v) is 2.28. The molecule has 0 unspecified atom stereocenters. The monoisotopic (exact) mass is 340 g/mol. The molecule has 20 heavy (non-hydrogen) atoms. The number of imide groups is 1. The Bertz CT molecular complexity index is 572. The molecule has 0 radical (unpaired) electrons. The number of urea groups is 1. The first-order chi connectivity index (χ1) is 9.38. The lowest BCUT2D eigenvalue weighted by Crippen LogP contribution is -2.41. The minimum atomic E-state index is -1.17. The van der Waals surface area contributed by atoms with Crippen LogP contribution in [0.5, 0.6) is 0 Å². The molecule has 1 aromatic rings. The van der Waals surface area contributed by atoms with Crippen molar-refractivity contribution in [2.45, 2.75) is 12.5 Å². The van der Waals surface area contributed by atoms with Crippen molar-refractivity contribution in [2.75, 3.05) is 13.7 Å². The van der Waals surface area contributed by atoms with Gasteiger partial charge in [0.1, 0.15) is 12.1 Å². The highest BCUT2D eigenvalue weighted by molar-refractivity contribution is 9.10. The molecule has 2 rings (SSSR count). The third-order valence-corrected chi connectivity index (χ3v) is 3.74. The highest BCUT2D eigenvalue weighted by Gasteiger charge is 2.49. The Labute approximate surface area is 124 Å². The Morgan fingerprint density at radius 3 is 2.50 bits per heavy atom. The van der Waals surface area contributed by atoms with E-state index < -0.39 is 30.0 Å². The number of amides is 3. The Morgan fingerprint density at radius 2 is 1.95 bits per heavy atom. The van der Waals surface area contributed by atoms with Gasteiger partial charge in [0.2, 0.25) is 0 Å². The molecule has 0 aromatic heterocycles. The summed E-state index contributed by atoms with van der Waals surface area (Å²) in [6.45, 7) is 1.21. The van der Waals surface area contributed by atoms with Crippen LogP contribution in [0.25, 0.3) is 0 Å². The number of benzene rings is 1. The van der Waals surface area contributed by atoms with Crippen LogP contribution in [0, 0.1) is 0 Å². The number of rotatable bonds is 3. The predicted molar refractivity (Wildman–Crippen MR) is 73.8 cm³/mol. The van der Waals surface area contributed by atoms with Crippen LogP contribution in [0.15, 0.2) is 28.7 Å². The predicted octanol–water partition coefficient (Wildman–Crippen LogP) is 1.39. The van der Waals surface area contributed by atoms with Gasteiger partial charge >= 0.3 is 12.0 Å². The lowest BCUT2D eigenvalue weighted by Gasteiger charge is -2.22. The van der Waals surface area contributed by atoms with E-state index in [1.54, 1.807) is 31.2 Å². The van der Waals surface area contributed by atoms with Gasteiger partial charge in [-0.3, -0.25) is 14.5 Å². The summed E-state index contributed by atoms with van der Waals surface area (Å²) in [7, 11) is 1.20. The summed E-state index contributed by atoms with van der Waals surface area (Å²) < 4.78 is 5.35. The zero-order valence-corrected chi connectivity index (χ0v) is 12.6. The first kappa shape index (κ1) is 14.5. The summed E-state index contributed by atoms with van der Waals surface area (Å²) in [5, 5.41) is 2.61. The molecule has 1 fully saturated rings. The molecule has 1 aliphatic heterocycles. The number of hydrogen-bond acceptors (Lipinski definition) is 4. The first-order valence-electron chi connectivity index (χ1n) is 5.85. The molecule has 0 spiro atoms. The van der Waals surface area contributed by atoms with E-state index in [4.69, 9.17) is 0 Å². The SMILES string of the molecule is COC(=O)CN1C(=O)N[C@](C)(c2ccc(Br)cc2)C1=O. The number of hydrogen-bond donors (Lipinski definition) is 1. The van der Waals surface area contributed by atoms with E-state index in [-0.39, 0.29) is 0 Å². The van der Waals surface area contributed by atoms with Crippen LogP contribution in [0.4, 0.5) is 4.79 Å². The molecule has 1 saturated heterocycles. The van der Waals surface area contributed by atoms with Gasteiger partial charge in [-0.05, 0) is 24.6 Å². The molecule has 0 saturated carbocycles. The highest BCUT2D eigenvalue weighted by Crippen LogP contribution is 2.29. The molecule has 0 aliphatic carbocycles. The van der Waals surface area contributed by atoms with Crippen LogP contribution in [0.3, 0.4) is 0 Å². The summed E-state index contributed by atoms with van der Waals surface area (Å²) in [5.41, 5.74) is -0.530. The summed E-state index contributed by atoms with van der Waals surface area (Å²) in [6.07, 6.45) is 0. The number of carbonyl (C=O) groups is 3. The number of methoxy groups -OCH3 is 1. The quantitative estimate of drug-likeness (QED) is 0.666. The molecule has 1 atom stereocenters. The fourth-order valence-electron chi connectivity index (χ4n) is 2.01. The zero-order valence-electron chi connectivity index (χ0n) is 11.0. The topological polar surface area (TPSA) is 75.7 Å². The maximum Gasteiger partial charge on any atom is 0.325 e. The number of nitrogens with one attached hydrogen (secondary N) is 1. The van der Waals surface area contributed by atoms with Crippen molar-refractivity contribution in [3.8, 4) is 0 Å². The van der Waals surface area contributed by atoms with Gasteiger partial charge in [-0.15, -0.1) is 0 Å². The van der Waals surface area contributed by atoms with E-state index in [1.807, 2.05) is 0 Å². The molecule has 7 heteroatoms. The van der Waals surface area contributed by atoms with Gasteiger partial charge in [-0.1, -0.05) is 28.1 Å². The number of nitrogens with zero attached hydrogens (tertiary/aromatic N) is 1. The van der Waals surface area contributed by atoms with Gasteiger partial charge in [0.15, 0.2) is 0 Å². The first-order valence-corrected chi connectivity index (χ1v) is 6.65. The largest absolute Gasteiger partial charge is 0.468 e. The number of carbonyl (C=O) groups excluding carboxylic acids is 3. The van der Waals surface area contributed by atoms with Gasteiger partial charge in [0.25, 0.3) is 5.91 Å². The van der Waals surface area contributed by atoms with Crippen LogP contribution >= 0.6 is 15.9 Å². The molecule has 1 heterocycles. The Balaban J connectivity index is 2.30. The summed E-state index contributed by atoms with van der Waals surface area (Å²) >= 11 is 3.31. The lowest BCUT2D eigenvalue weighted by atomic mass is 9.92. The summed E-state index contributed by atoms with van der Waals surface area (Å²) in [5.74, 6) is -1.12. The second kappa shape index (κ2) is 5.24. The van der Waals surface area contributed by atoms with Crippen LogP contribution in [-0.4, -0.2) is 36.5 Å². The Morgan fingerprint density at radius 1 is 1.35 bits per heavy atom. The van der Waals surface area contributed by atoms with Crippen molar-refractivity contribution in [3.63, 3.8) is 0 Å². The fraction of sp³-hybridized carbons (Fsp3) is 0.308. The number of ether oxygens (including phenoxy) is 1. The number of halogens is 1. The van der Waals surface area contributed by atoms with Crippen molar-refractivity contribution in [3.05, 3.63) is 34.3 Å². The molecule has 1 N–H and O–H groups in total. The van der Waals surface area contributed by atoms with Crippen LogP contribution in [0.2, 0.25) is 0 Å². The molecule has 1 aliphatic rings. The normalized spacial score (nSPS) is 21.9. The van der Waals surface area contributed by atoms with Gasteiger partial charge in [-0.25, -0.2) is 4.79 Å². The van der Waals surface area contributed by atoms with E-state index in [0.717, 1.165) is 9.37 Å². The smallest absolute Gasteiger partial charge is 0.325 e. The Hall–Kier alpha value is -1.89. The minimum absolute atomic E-state index is 0.396. The van der Waals surface area contributed by atoms with Gasteiger partial charge in [0.05, 0.1) is 7.11 Å².